The van der Waals surface area contributed by atoms with Gasteiger partial charge in [0.05, 0.1) is 13.2 Å². The molecule has 1 fully saturated rings. The van der Waals surface area contributed by atoms with Crippen LogP contribution in [0.2, 0.25) is 0 Å². The third kappa shape index (κ3) is 4.54. The molecule has 0 N–H and O–H groups in total. The SMILES string of the molecule is CCOc1ccccc1CN1CCC[C@H](Cn2nnc(-c3cccnc3)n2)C1. The van der Waals surface area contributed by atoms with Crippen LogP contribution < -0.4 is 4.74 Å². The minimum atomic E-state index is 0.518. The maximum absolute atomic E-state index is 5.78. The van der Waals surface area contributed by atoms with Crippen molar-refractivity contribution in [2.24, 2.45) is 5.92 Å². The highest BCUT2D eigenvalue weighted by atomic mass is 16.5. The fraction of sp³-hybridized carbons (Fsp3) is 0.429. The number of likely N-dealkylation sites (tertiary alicyclic amines) is 1. The molecule has 0 radical (unpaired) electrons. The van der Waals surface area contributed by atoms with Gasteiger partial charge >= 0.3 is 0 Å². The molecule has 0 unspecified atom stereocenters. The van der Waals surface area contributed by atoms with Gasteiger partial charge < -0.3 is 4.74 Å². The number of hydrogen-bond donors (Lipinski definition) is 0. The van der Waals surface area contributed by atoms with Gasteiger partial charge in [-0.25, -0.2) is 0 Å². The first-order valence-corrected chi connectivity index (χ1v) is 9.93. The summed E-state index contributed by atoms with van der Waals surface area (Å²) in [6, 6.07) is 12.2. The predicted octanol–water partition coefficient (Wildman–Crippen LogP) is 3.05. The zero-order valence-electron chi connectivity index (χ0n) is 16.2. The molecule has 1 aliphatic rings. The molecular weight excluding hydrogens is 352 g/mol. The van der Waals surface area contributed by atoms with Crippen LogP contribution in [0.5, 0.6) is 5.75 Å². The lowest BCUT2D eigenvalue weighted by Gasteiger charge is -2.32. The normalized spacial score (nSPS) is 17.5. The minimum absolute atomic E-state index is 0.518. The smallest absolute Gasteiger partial charge is 0.206 e. The van der Waals surface area contributed by atoms with Crippen LogP contribution in [0, 0.1) is 5.92 Å². The van der Waals surface area contributed by atoms with E-state index in [1.807, 2.05) is 25.1 Å². The maximum atomic E-state index is 5.78. The first-order valence-electron chi connectivity index (χ1n) is 9.93. The average molecular weight is 378 g/mol. The molecule has 0 aliphatic carbocycles. The van der Waals surface area contributed by atoms with Crippen molar-refractivity contribution in [2.75, 3.05) is 19.7 Å². The number of rotatable bonds is 7. The Labute approximate surface area is 165 Å². The summed E-state index contributed by atoms with van der Waals surface area (Å²) in [6.45, 7) is 6.57. The minimum Gasteiger partial charge on any atom is -0.494 e. The second-order valence-electron chi connectivity index (χ2n) is 7.19. The summed E-state index contributed by atoms with van der Waals surface area (Å²) >= 11 is 0. The van der Waals surface area contributed by atoms with Crippen LogP contribution in [0.15, 0.2) is 48.8 Å². The van der Waals surface area contributed by atoms with Crippen molar-refractivity contribution in [3.63, 3.8) is 0 Å². The lowest BCUT2D eigenvalue weighted by atomic mass is 9.97. The van der Waals surface area contributed by atoms with Crippen molar-refractivity contribution >= 4 is 0 Å². The van der Waals surface area contributed by atoms with Gasteiger partial charge in [0.25, 0.3) is 0 Å². The monoisotopic (exact) mass is 378 g/mol. The van der Waals surface area contributed by atoms with Gasteiger partial charge in [0, 0.05) is 36.6 Å². The van der Waals surface area contributed by atoms with E-state index in [9.17, 15) is 0 Å². The van der Waals surface area contributed by atoms with E-state index in [4.69, 9.17) is 4.74 Å². The van der Waals surface area contributed by atoms with E-state index >= 15 is 0 Å². The number of nitrogens with zero attached hydrogens (tertiary/aromatic N) is 6. The van der Waals surface area contributed by atoms with Gasteiger partial charge in [0.2, 0.25) is 5.82 Å². The van der Waals surface area contributed by atoms with Gasteiger partial charge in [0.15, 0.2) is 0 Å². The molecule has 3 aromatic rings. The highest BCUT2D eigenvalue weighted by Gasteiger charge is 2.22. The number of ether oxygens (including phenoxy) is 1. The first kappa shape index (κ1) is 18.6. The number of benzene rings is 1. The summed E-state index contributed by atoms with van der Waals surface area (Å²) in [5.41, 5.74) is 2.15. The number of piperidine rings is 1. The van der Waals surface area contributed by atoms with Crippen molar-refractivity contribution in [3.8, 4) is 17.1 Å². The second kappa shape index (κ2) is 8.93. The zero-order valence-corrected chi connectivity index (χ0v) is 16.2. The molecule has 0 saturated carbocycles. The van der Waals surface area contributed by atoms with Gasteiger partial charge in [-0.05, 0) is 55.6 Å². The number of para-hydroxylation sites is 1. The topological polar surface area (TPSA) is 69.0 Å². The fourth-order valence-electron chi connectivity index (χ4n) is 3.78. The van der Waals surface area contributed by atoms with E-state index in [0.717, 1.165) is 37.5 Å². The number of aromatic nitrogens is 5. The Morgan fingerprint density at radius 3 is 2.96 bits per heavy atom. The largest absolute Gasteiger partial charge is 0.494 e. The lowest BCUT2D eigenvalue weighted by molar-refractivity contribution is 0.147. The Morgan fingerprint density at radius 1 is 1.18 bits per heavy atom. The van der Waals surface area contributed by atoms with E-state index < -0.39 is 0 Å². The number of hydrogen-bond acceptors (Lipinski definition) is 6. The highest BCUT2D eigenvalue weighted by Crippen LogP contribution is 2.24. The molecule has 0 amide bonds. The molecule has 1 aromatic carbocycles. The Hall–Kier alpha value is -2.80. The average Bonchev–Trinajstić information content (AvgIpc) is 3.19. The molecule has 7 nitrogen and oxygen atoms in total. The van der Waals surface area contributed by atoms with Crippen LogP contribution >= 0.6 is 0 Å². The summed E-state index contributed by atoms with van der Waals surface area (Å²) in [6.07, 6.45) is 5.88. The molecule has 146 valence electrons. The van der Waals surface area contributed by atoms with Gasteiger partial charge in [-0.3, -0.25) is 9.88 Å². The van der Waals surface area contributed by atoms with Crippen molar-refractivity contribution in [2.45, 2.75) is 32.9 Å². The van der Waals surface area contributed by atoms with Gasteiger partial charge in [-0.15, -0.1) is 10.2 Å². The molecule has 4 rings (SSSR count). The van der Waals surface area contributed by atoms with Crippen molar-refractivity contribution in [1.29, 1.82) is 0 Å². The third-order valence-corrected chi connectivity index (χ3v) is 5.06. The molecule has 7 heteroatoms. The van der Waals surface area contributed by atoms with E-state index in [0.29, 0.717) is 18.3 Å². The lowest BCUT2D eigenvalue weighted by Crippen LogP contribution is -2.37. The van der Waals surface area contributed by atoms with Crippen LogP contribution in [0.25, 0.3) is 11.4 Å². The molecule has 0 spiro atoms. The Bertz CT molecular complexity index is 881. The van der Waals surface area contributed by atoms with Crippen LogP contribution in [-0.2, 0) is 13.1 Å². The van der Waals surface area contributed by atoms with Crippen LogP contribution in [0.4, 0.5) is 0 Å². The summed E-state index contributed by atoms with van der Waals surface area (Å²) in [5, 5.41) is 13.0. The highest BCUT2D eigenvalue weighted by molar-refractivity contribution is 5.51. The van der Waals surface area contributed by atoms with Crippen molar-refractivity contribution in [3.05, 3.63) is 54.4 Å². The summed E-state index contributed by atoms with van der Waals surface area (Å²) in [7, 11) is 0. The first-order chi connectivity index (χ1) is 13.8. The van der Waals surface area contributed by atoms with Crippen LogP contribution in [-0.4, -0.2) is 49.8 Å². The number of pyridine rings is 1. The third-order valence-electron chi connectivity index (χ3n) is 5.06. The predicted molar refractivity (Wildman–Crippen MR) is 107 cm³/mol. The molecule has 1 saturated heterocycles. The molecule has 28 heavy (non-hydrogen) atoms. The molecule has 1 aliphatic heterocycles. The van der Waals surface area contributed by atoms with Crippen LogP contribution in [0.3, 0.4) is 0 Å². The maximum Gasteiger partial charge on any atom is 0.206 e. The van der Waals surface area contributed by atoms with E-state index in [1.54, 1.807) is 17.2 Å². The molecule has 0 bridgehead atoms. The summed E-state index contributed by atoms with van der Waals surface area (Å²) in [5.74, 6) is 2.14. The van der Waals surface area contributed by atoms with Crippen LogP contribution in [0.1, 0.15) is 25.3 Å². The Kier molecular flexibility index (Phi) is 5.92. The van der Waals surface area contributed by atoms with Crippen molar-refractivity contribution < 1.29 is 4.74 Å². The number of tetrazole rings is 1. The van der Waals surface area contributed by atoms with Crippen molar-refractivity contribution in [1.82, 2.24) is 30.1 Å². The van der Waals surface area contributed by atoms with Gasteiger partial charge in [-0.2, -0.15) is 4.80 Å². The quantitative estimate of drug-likeness (QED) is 0.629. The molecule has 2 aromatic heterocycles. The standard InChI is InChI=1S/C21H26N6O/c1-2-28-20-10-4-3-8-19(20)16-26-12-6-7-17(14-26)15-27-24-21(23-25-27)18-9-5-11-22-13-18/h3-5,8-11,13,17H,2,6-7,12,14-16H2,1H3/t17-/m0/s1. The van der Waals surface area contributed by atoms with E-state index in [-0.39, 0.29) is 0 Å². The van der Waals surface area contributed by atoms with E-state index in [1.165, 1.54) is 18.4 Å². The summed E-state index contributed by atoms with van der Waals surface area (Å²) < 4.78 is 5.78. The molecule has 3 heterocycles. The Balaban J connectivity index is 1.38. The Morgan fingerprint density at radius 2 is 2.11 bits per heavy atom. The summed E-state index contributed by atoms with van der Waals surface area (Å²) in [4.78, 5) is 8.35. The zero-order chi connectivity index (χ0) is 19.2. The molecule has 1 atom stereocenters. The van der Waals surface area contributed by atoms with E-state index in [2.05, 4.69) is 43.5 Å². The molecular formula is C21H26N6O. The van der Waals surface area contributed by atoms with Gasteiger partial charge in [0.1, 0.15) is 5.75 Å². The van der Waals surface area contributed by atoms with Gasteiger partial charge in [-0.1, -0.05) is 18.2 Å². The second-order valence-corrected chi connectivity index (χ2v) is 7.19. The fourth-order valence-corrected chi connectivity index (χ4v) is 3.78.